The summed E-state index contributed by atoms with van der Waals surface area (Å²) >= 11 is 0. The van der Waals surface area contributed by atoms with E-state index in [2.05, 4.69) is 19.2 Å². The third-order valence-electron chi connectivity index (χ3n) is 5.78. The van der Waals surface area contributed by atoms with Crippen molar-refractivity contribution in [3.8, 4) is 0 Å². The molecule has 1 aromatic carbocycles. The van der Waals surface area contributed by atoms with E-state index in [9.17, 15) is 9.59 Å². The Morgan fingerprint density at radius 3 is 2.22 bits per heavy atom. The molecule has 3 N–H and O–H groups in total. The molecule has 1 aromatic rings. The first kappa shape index (κ1) is 21.5. The van der Waals surface area contributed by atoms with Crippen molar-refractivity contribution >= 4 is 30.0 Å². The summed E-state index contributed by atoms with van der Waals surface area (Å²) in [6, 6.07) is 9.51. The summed E-state index contributed by atoms with van der Waals surface area (Å²) in [7, 11) is 0. The van der Waals surface area contributed by atoms with Gasteiger partial charge in [0.25, 0.3) is 0 Å². The zero-order valence-electron chi connectivity index (χ0n) is 16.2. The maximum Gasteiger partial charge on any atom is 0.321 e. The van der Waals surface area contributed by atoms with Crippen molar-refractivity contribution in [1.82, 2.24) is 9.80 Å². The Hall–Kier alpha value is -1.79. The van der Waals surface area contributed by atoms with E-state index in [1.165, 1.54) is 0 Å². The fourth-order valence-electron chi connectivity index (χ4n) is 3.87. The molecule has 1 atom stereocenters. The number of rotatable bonds is 2. The van der Waals surface area contributed by atoms with Gasteiger partial charge < -0.3 is 20.9 Å². The highest BCUT2D eigenvalue weighted by Crippen LogP contribution is 2.30. The van der Waals surface area contributed by atoms with Gasteiger partial charge in [-0.15, -0.1) is 12.4 Å². The number of amides is 3. The second-order valence-corrected chi connectivity index (χ2v) is 8.20. The lowest BCUT2D eigenvalue weighted by molar-refractivity contribution is -0.140. The van der Waals surface area contributed by atoms with Crippen LogP contribution < -0.4 is 11.1 Å². The molecular formula is C20H31ClN4O2. The van der Waals surface area contributed by atoms with Gasteiger partial charge in [0.2, 0.25) is 5.91 Å². The smallest absolute Gasteiger partial charge is 0.321 e. The van der Waals surface area contributed by atoms with Crippen molar-refractivity contribution in [1.29, 1.82) is 0 Å². The molecule has 0 spiro atoms. The van der Waals surface area contributed by atoms with Crippen LogP contribution in [0, 0.1) is 11.3 Å². The van der Waals surface area contributed by atoms with Crippen LogP contribution in [0.4, 0.5) is 10.5 Å². The number of nitrogens with one attached hydrogen (secondary N) is 1. The second kappa shape index (κ2) is 8.93. The summed E-state index contributed by atoms with van der Waals surface area (Å²) in [6.45, 7) is 6.97. The normalized spacial score (nSPS) is 22.7. The van der Waals surface area contributed by atoms with Crippen molar-refractivity contribution in [2.75, 3.05) is 31.5 Å². The van der Waals surface area contributed by atoms with Crippen LogP contribution in [-0.2, 0) is 4.79 Å². The minimum atomic E-state index is -0.0906. The molecule has 1 unspecified atom stereocenters. The van der Waals surface area contributed by atoms with Gasteiger partial charge in [-0.2, -0.15) is 0 Å². The zero-order chi connectivity index (χ0) is 18.7. The number of likely N-dealkylation sites (tertiary alicyclic amines) is 2. The maximum atomic E-state index is 12.9. The molecule has 2 heterocycles. The van der Waals surface area contributed by atoms with E-state index >= 15 is 0 Å². The van der Waals surface area contributed by atoms with Crippen LogP contribution in [0.5, 0.6) is 0 Å². The van der Waals surface area contributed by atoms with E-state index in [-0.39, 0.29) is 41.7 Å². The van der Waals surface area contributed by atoms with Crippen LogP contribution in [0.2, 0.25) is 0 Å². The van der Waals surface area contributed by atoms with Crippen molar-refractivity contribution < 1.29 is 9.59 Å². The number of benzene rings is 1. The average molecular weight is 395 g/mol. The molecule has 6 nitrogen and oxygen atoms in total. The van der Waals surface area contributed by atoms with Gasteiger partial charge in [-0.1, -0.05) is 32.0 Å². The Balaban J connectivity index is 0.00000261. The molecule has 0 aliphatic carbocycles. The first-order valence-electron chi connectivity index (χ1n) is 9.52. The second-order valence-electron chi connectivity index (χ2n) is 8.20. The van der Waals surface area contributed by atoms with Crippen molar-refractivity contribution in [3.63, 3.8) is 0 Å². The highest BCUT2D eigenvalue weighted by molar-refractivity contribution is 5.89. The molecule has 150 valence electrons. The summed E-state index contributed by atoms with van der Waals surface area (Å²) in [5.74, 6) is 0.244. The molecule has 2 saturated heterocycles. The van der Waals surface area contributed by atoms with E-state index in [0.717, 1.165) is 38.0 Å². The van der Waals surface area contributed by atoms with E-state index in [4.69, 9.17) is 5.73 Å². The molecule has 2 fully saturated rings. The van der Waals surface area contributed by atoms with Gasteiger partial charge in [-0.25, -0.2) is 4.79 Å². The topological polar surface area (TPSA) is 78.7 Å². The average Bonchev–Trinajstić information content (AvgIpc) is 2.64. The molecule has 3 amide bonds. The van der Waals surface area contributed by atoms with Gasteiger partial charge >= 0.3 is 6.03 Å². The number of hydrogen-bond donors (Lipinski definition) is 2. The van der Waals surface area contributed by atoms with E-state index in [1.54, 1.807) is 4.90 Å². The minimum Gasteiger partial charge on any atom is -0.342 e. The highest BCUT2D eigenvalue weighted by Gasteiger charge is 2.38. The Kier molecular flexibility index (Phi) is 7.12. The summed E-state index contributed by atoms with van der Waals surface area (Å²) in [6.07, 6.45) is 2.31. The van der Waals surface area contributed by atoms with Crippen LogP contribution >= 0.6 is 12.4 Å². The SMILES string of the molecule is CC1(C)CN(C(=O)C2CCN(C(=O)Nc3ccccc3)CC2)CCC1N.Cl. The van der Waals surface area contributed by atoms with Gasteiger partial charge in [-0.05, 0) is 36.8 Å². The molecule has 0 aromatic heterocycles. The number of hydrogen-bond acceptors (Lipinski definition) is 3. The predicted molar refractivity (Wildman–Crippen MR) is 110 cm³/mol. The molecule has 2 aliphatic heterocycles. The Morgan fingerprint density at radius 1 is 1.04 bits per heavy atom. The third kappa shape index (κ3) is 5.14. The number of halogens is 1. The number of piperidine rings is 2. The Labute approximate surface area is 167 Å². The molecule has 0 radical (unpaired) electrons. The highest BCUT2D eigenvalue weighted by atomic mass is 35.5. The van der Waals surface area contributed by atoms with Gasteiger partial charge in [0, 0.05) is 43.8 Å². The maximum absolute atomic E-state index is 12.9. The van der Waals surface area contributed by atoms with Gasteiger partial charge in [0.05, 0.1) is 0 Å². The quantitative estimate of drug-likeness (QED) is 0.809. The minimum absolute atomic E-state index is 0. The number of nitrogens with zero attached hydrogens (tertiary/aromatic N) is 2. The van der Waals surface area contributed by atoms with E-state index < -0.39 is 0 Å². The number of anilines is 1. The monoisotopic (exact) mass is 394 g/mol. The fourth-order valence-corrected chi connectivity index (χ4v) is 3.87. The van der Waals surface area contributed by atoms with Gasteiger partial charge in [0.1, 0.15) is 0 Å². The molecule has 3 rings (SSSR count). The van der Waals surface area contributed by atoms with Crippen LogP contribution in [0.25, 0.3) is 0 Å². The van der Waals surface area contributed by atoms with E-state index in [0.29, 0.717) is 13.1 Å². The van der Waals surface area contributed by atoms with Crippen LogP contribution in [-0.4, -0.2) is 54.0 Å². The van der Waals surface area contributed by atoms with Crippen LogP contribution in [0.1, 0.15) is 33.1 Å². The van der Waals surface area contributed by atoms with Gasteiger partial charge in [0.15, 0.2) is 0 Å². The summed E-state index contributed by atoms with van der Waals surface area (Å²) in [5.41, 5.74) is 6.94. The summed E-state index contributed by atoms with van der Waals surface area (Å²) < 4.78 is 0. The lowest BCUT2D eigenvalue weighted by Gasteiger charge is -2.44. The third-order valence-corrected chi connectivity index (χ3v) is 5.78. The van der Waals surface area contributed by atoms with Crippen molar-refractivity contribution in [3.05, 3.63) is 30.3 Å². The van der Waals surface area contributed by atoms with E-state index in [1.807, 2.05) is 35.2 Å². The molecule has 0 saturated carbocycles. The number of carbonyl (C=O) groups is 2. The first-order chi connectivity index (χ1) is 12.4. The Bertz CT molecular complexity index is 645. The molecule has 27 heavy (non-hydrogen) atoms. The summed E-state index contributed by atoms with van der Waals surface area (Å²) in [5, 5.41) is 2.91. The zero-order valence-corrected chi connectivity index (χ0v) is 17.0. The number of urea groups is 1. The lowest BCUT2D eigenvalue weighted by atomic mass is 9.79. The first-order valence-corrected chi connectivity index (χ1v) is 9.52. The number of carbonyl (C=O) groups excluding carboxylic acids is 2. The number of para-hydroxylation sites is 1. The van der Waals surface area contributed by atoms with Crippen molar-refractivity contribution in [2.45, 2.75) is 39.2 Å². The van der Waals surface area contributed by atoms with Gasteiger partial charge in [-0.3, -0.25) is 4.79 Å². The molecule has 2 aliphatic rings. The Morgan fingerprint density at radius 2 is 1.63 bits per heavy atom. The summed E-state index contributed by atoms with van der Waals surface area (Å²) in [4.78, 5) is 29.0. The number of nitrogens with two attached hydrogens (primary N) is 1. The van der Waals surface area contributed by atoms with Crippen molar-refractivity contribution in [2.24, 2.45) is 17.1 Å². The molecular weight excluding hydrogens is 364 g/mol. The molecule has 0 bridgehead atoms. The largest absolute Gasteiger partial charge is 0.342 e. The fraction of sp³-hybridized carbons (Fsp3) is 0.600. The molecule has 7 heteroatoms. The van der Waals surface area contributed by atoms with Crippen LogP contribution in [0.3, 0.4) is 0 Å². The predicted octanol–water partition coefficient (Wildman–Crippen LogP) is 2.94. The standard InChI is InChI=1S/C20H30N4O2.ClH/c1-20(2)14-24(13-10-17(20)21)18(25)15-8-11-23(12-9-15)19(26)22-16-6-4-3-5-7-16;/h3-7,15,17H,8-14,21H2,1-2H3,(H,22,26);1H. The lowest BCUT2D eigenvalue weighted by Crippen LogP contribution is -2.55. The van der Waals surface area contributed by atoms with Crippen LogP contribution in [0.15, 0.2) is 30.3 Å².